The average Bonchev–Trinajstić information content (AvgIpc) is 2.29. The number of ether oxygens (including phenoxy) is 1. The van der Waals surface area contributed by atoms with Crippen LogP contribution >= 0.6 is 0 Å². The van der Waals surface area contributed by atoms with E-state index in [0.717, 1.165) is 0 Å². The fourth-order valence-corrected chi connectivity index (χ4v) is 0.940. The monoisotopic (exact) mass is 166 g/mol. The van der Waals surface area contributed by atoms with E-state index in [2.05, 4.69) is 21.9 Å². The Balaban J connectivity index is 2.67. The van der Waals surface area contributed by atoms with Gasteiger partial charge in [-0.3, -0.25) is 9.78 Å². The van der Waals surface area contributed by atoms with Crippen LogP contribution < -0.4 is 21.3 Å². The summed E-state index contributed by atoms with van der Waals surface area (Å²) in [6.07, 6.45) is 0. The smallest absolute Gasteiger partial charge is 0.297 e. The van der Waals surface area contributed by atoms with Crippen LogP contribution in [0.15, 0.2) is 17.3 Å². The second-order valence-electron chi connectivity index (χ2n) is 2.28. The molecular weight excluding hydrogens is 160 g/mol. The molecule has 6 heteroatoms. The molecule has 1 aromatic heterocycles. The quantitative estimate of drug-likeness (QED) is 0.488. The third-order valence-electron chi connectivity index (χ3n) is 1.38. The van der Waals surface area contributed by atoms with Crippen molar-refractivity contribution in [3.05, 3.63) is 22.8 Å². The largest absolute Gasteiger partial charge is 0.432 e. The van der Waals surface area contributed by atoms with Gasteiger partial charge in [-0.2, -0.15) is 4.98 Å². The molecule has 0 saturated carbocycles. The zero-order valence-corrected chi connectivity index (χ0v) is 6.05. The van der Waals surface area contributed by atoms with Crippen LogP contribution in [-0.4, -0.2) is 9.97 Å². The highest BCUT2D eigenvalue weighted by Gasteiger charge is 2.20. The van der Waals surface area contributed by atoms with Crippen molar-refractivity contribution in [3.63, 3.8) is 0 Å². The summed E-state index contributed by atoms with van der Waals surface area (Å²) in [6.45, 7) is 3.47. The van der Waals surface area contributed by atoms with E-state index < -0.39 is 5.56 Å². The lowest BCUT2D eigenvalue weighted by molar-refractivity contribution is 0.453. The minimum absolute atomic E-state index is 0.0459. The predicted octanol–water partition coefficient (Wildman–Crippen LogP) is -0.372. The minimum atomic E-state index is -0.413. The number of fused-ring (bicyclic) bond motifs is 1. The number of anilines is 2. The van der Waals surface area contributed by atoms with Crippen LogP contribution in [0.25, 0.3) is 0 Å². The van der Waals surface area contributed by atoms with Gasteiger partial charge in [0.05, 0.1) is 0 Å². The van der Waals surface area contributed by atoms with Crippen LogP contribution in [0, 0.1) is 0 Å². The Morgan fingerprint density at radius 2 is 2.33 bits per heavy atom. The molecule has 0 spiro atoms. The molecule has 62 valence electrons. The zero-order chi connectivity index (χ0) is 8.72. The average molecular weight is 166 g/mol. The Hall–Kier alpha value is -1.98. The highest BCUT2D eigenvalue weighted by Crippen LogP contribution is 2.26. The summed E-state index contributed by atoms with van der Waals surface area (Å²) >= 11 is 0. The van der Waals surface area contributed by atoms with Crippen molar-refractivity contribution < 1.29 is 4.74 Å². The summed E-state index contributed by atoms with van der Waals surface area (Å²) in [5.74, 6) is 0.730. The normalized spacial score (nSPS) is 13.5. The first-order valence-electron chi connectivity index (χ1n) is 3.20. The van der Waals surface area contributed by atoms with Gasteiger partial charge in [-0.25, -0.2) is 0 Å². The van der Waals surface area contributed by atoms with Crippen LogP contribution in [0.5, 0.6) is 5.75 Å². The van der Waals surface area contributed by atoms with Crippen molar-refractivity contribution in [2.45, 2.75) is 0 Å². The van der Waals surface area contributed by atoms with E-state index in [1.54, 1.807) is 0 Å². The van der Waals surface area contributed by atoms with E-state index >= 15 is 0 Å². The van der Waals surface area contributed by atoms with Gasteiger partial charge in [0.1, 0.15) is 0 Å². The van der Waals surface area contributed by atoms with Crippen molar-refractivity contribution in [1.29, 1.82) is 0 Å². The van der Waals surface area contributed by atoms with Gasteiger partial charge < -0.3 is 15.8 Å². The number of nitrogen functional groups attached to an aromatic ring is 1. The Kier molecular flexibility index (Phi) is 1.12. The first-order chi connectivity index (χ1) is 5.66. The summed E-state index contributed by atoms with van der Waals surface area (Å²) < 4.78 is 4.93. The molecule has 1 aromatic rings. The van der Waals surface area contributed by atoms with Gasteiger partial charge in [-0.1, -0.05) is 0 Å². The Morgan fingerprint density at radius 3 is 3.08 bits per heavy atom. The van der Waals surface area contributed by atoms with Crippen LogP contribution in [0.4, 0.5) is 11.8 Å². The number of nitrogens with zero attached hydrogens (tertiary/aromatic N) is 1. The summed E-state index contributed by atoms with van der Waals surface area (Å²) in [5, 5.41) is 2.65. The third kappa shape index (κ3) is 0.815. The molecule has 1 aliphatic rings. The minimum Gasteiger partial charge on any atom is -0.432 e. The molecule has 0 amide bonds. The standard InChI is InChI=1S/C6H6N4O2/c1-2-8-4-3(12-2)5(11)10-6(7)9-4/h1H2,(H4,7,8,9,10,11). The molecule has 12 heavy (non-hydrogen) atoms. The lowest BCUT2D eigenvalue weighted by Gasteiger charge is -1.94. The molecule has 0 aromatic carbocycles. The van der Waals surface area contributed by atoms with E-state index in [9.17, 15) is 4.79 Å². The van der Waals surface area contributed by atoms with Crippen LogP contribution in [0.3, 0.4) is 0 Å². The first-order valence-corrected chi connectivity index (χ1v) is 3.20. The van der Waals surface area contributed by atoms with E-state index in [0.29, 0.717) is 5.82 Å². The number of rotatable bonds is 0. The fourth-order valence-electron chi connectivity index (χ4n) is 0.940. The molecule has 4 N–H and O–H groups in total. The number of hydrogen-bond donors (Lipinski definition) is 3. The van der Waals surface area contributed by atoms with Gasteiger partial charge >= 0.3 is 0 Å². The van der Waals surface area contributed by atoms with E-state index in [1.165, 1.54) is 0 Å². The Labute approximate surface area is 67.1 Å². The van der Waals surface area contributed by atoms with Crippen LogP contribution in [-0.2, 0) is 0 Å². The van der Waals surface area contributed by atoms with Gasteiger partial charge in [0.2, 0.25) is 11.7 Å². The summed E-state index contributed by atoms with van der Waals surface area (Å²) in [5.41, 5.74) is 4.87. The number of hydrogen-bond acceptors (Lipinski definition) is 5. The van der Waals surface area contributed by atoms with E-state index in [4.69, 9.17) is 10.5 Å². The topological polar surface area (TPSA) is 93.0 Å². The maximum absolute atomic E-state index is 11.1. The van der Waals surface area contributed by atoms with Gasteiger partial charge in [0, 0.05) is 0 Å². The predicted molar refractivity (Wildman–Crippen MR) is 42.7 cm³/mol. The Bertz CT molecular complexity index is 408. The summed E-state index contributed by atoms with van der Waals surface area (Å²) in [4.78, 5) is 17.2. The highest BCUT2D eigenvalue weighted by atomic mass is 16.5. The van der Waals surface area contributed by atoms with E-state index in [1.807, 2.05) is 0 Å². The van der Waals surface area contributed by atoms with Gasteiger partial charge in [0.25, 0.3) is 5.56 Å². The molecule has 1 aliphatic heterocycles. The van der Waals surface area contributed by atoms with Gasteiger partial charge in [-0.15, -0.1) is 0 Å². The number of aromatic amines is 1. The van der Waals surface area contributed by atoms with Crippen molar-refractivity contribution in [3.8, 4) is 5.75 Å². The molecule has 0 aliphatic carbocycles. The molecule has 0 atom stereocenters. The molecule has 0 bridgehead atoms. The first kappa shape index (κ1) is 6.71. The van der Waals surface area contributed by atoms with Crippen LogP contribution in [0.2, 0.25) is 0 Å². The molecule has 2 heterocycles. The summed E-state index contributed by atoms with van der Waals surface area (Å²) in [6, 6.07) is 0. The lowest BCUT2D eigenvalue weighted by atomic mass is 10.5. The molecular formula is C6H6N4O2. The van der Waals surface area contributed by atoms with Crippen molar-refractivity contribution >= 4 is 11.8 Å². The number of H-pyrrole nitrogens is 1. The van der Waals surface area contributed by atoms with E-state index in [-0.39, 0.29) is 17.6 Å². The summed E-state index contributed by atoms with van der Waals surface area (Å²) in [7, 11) is 0. The SMILES string of the molecule is C=C1Nc2nc(N)[nH]c(=O)c2O1. The van der Waals surface area contributed by atoms with Gasteiger partial charge in [-0.05, 0) is 6.58 Å². The van der Waals surface area contributed by atoms with Crippen molar-refractivity contribution in [2.75, 3.05) is 11.1 Å². The second-order valence-corrected chi connectivity index (χ2v) is 2.28. The maximum Gasteiger partial charge on any atom is 0.297 e. The number of aromatic nitrogens is 2. The molecule has 2 rings (SSSR count). The highest BCUT2D eigenvalue weighted by molar-refractivity contribution is 5.58. The lowest BCUT2D eigenvalue weighted by Crippen LogP contribution is -2.11. The molecule has 0 radical (unpaired) electrons. The van der Waals surface area contributed by atoms with Crippen LogP contribution in [0.1, 0.15) is 0 Å². The molecule has 6 nitrogen and oxygen atoms in total. The number of nitrogens with one attached hydrogen (secondary N) is 2. The molecule has 0 unspecified atom stereocenters. The molecule has 0 saturated heterocycles. The second kappa shape index (κ2) is 2.00. The van der Waals surface area contributed by atoms with Gasteiger partial charge in [0.15, 0.2) is 11.7 Å². The van der Waals surface area contributed by atoms with Crippen molar-refractivity contribution in [2.24, 2.45) is 0 Å². The third-order valence-corrected chi connectivity index (χ3v) is 1.38. The fraction of sp³-hybridized carbons (Fsp3) is 0. The number of nitrogens with two attached hydrogens (primary N) is 1. The van der Waals surface area contributed by atoms with Crippen molar-refractivity contribution in [1.82, 2.24) is 9.97 Å². The maximum atomic E-state index is 11.1. The zero-order valence-electron chi connectivity index (χ0n) is 6.05. The molecule has 0 fully saturated rings. The Morgan fingerprint density at radius 1 is 1.58 bits per heavy atom.